The summed E-state index contributed by atoms with van der Waals surface area (Å²) in [5, 5.41) is 8.32. The Kier molecular flexibility index (Phi) is 4.64. The fourth-order valence-electron chi connectivity index (χ4n) is 2.89. The van der Waals surface area contributed by atoms with Crippen LogP contribution in [0, 0.1) is 6.92 Å². The Labute approximate surface area is 135 Å². The van der Waals surface area contributed by atoms with Gasteiger partial charge in [-0.05, 0) is 26.2 Å². The Morgan fingerprint density at radius 2 is 2.30 bits per heavy atom. The summed E-state index contributed by atoms with van der Waals surface area (Å²) in [5.74, 6) is 1.35. The first-order valence-electron chi connectivity index (χ1n) is 8.07. The second kappa shape index (κ2) is 6.85. The van der Waals surface area contributed by atoms with Gasteiger partial charge in [-0.3, -0.25) is 4.79 Å². The summed E-state index contributed by atoms with van der Waals surface area (Å²) in [7, 11) is 0. The fraction of sp³-hybridized carbons (Fsp3) is 0.562. The van der Waals surface area contributed by atoms with Crippen LogP contribution < -0.4 is 0 Å². The van der Waals surface area contributed by atoms with Crippen molar-refractivity contribution in [1.29, 1.82) is 0 Å². The Morgan fingerprint density at radius 1 is 1.43 bits per heavy atom. The lowest BCUT2D eigenvalue weighted by molar-refractivity contribution is -0.132. The third-order valence-electron chi connectivity index (χ3n) is 4.17. The smallest absolute Gasteiger partial charge is 0.251 e. The van der Waals surface area contributed by atoms with Crippen molar-refractivity contribution in [1.82, 2.24) is 25.1 Å². The van der Waals surface area contributed by atoms with Crippen molar-refractivity contribution in [3.63, 3.8) is 0 Å². The molecule has 3 heterocycles. The third kappa shape index (κ3) is 3.38. The van der Waals surface area contributed by atoms with Crippen molar-refractivity contribution in [2.24, 2.45) is 0 Å². The molecule has 1 amide bonds. The van der Waals surface area contributed by atoms with Gasteiger partial charge in [0.25, 0.3) is 5.89 Å². The number of hydrogen-bond acceptors (Lipinski definition) is 6. The summed E-state index contributed by atoms with van der Waals surface area (Å²) < 4.78 is 5.84. The first-order valence-corrected chi connectivity index (χ1v) is 8.07. The van der Waals surface area contributed by atoms with Crippen LogP contribution in [0.2, 0.25) is 0 Å². The maximum atomic E-state index is 12.1. The van der Waals surface area contributed by atoms with Crippen molar-refractivity contribution in [3.8, 4) is 11.5 Å². The van der Waals surface area contributed by atoms with Crippen LogP contribution in [-0.2, 0) is 4.79 Å². The van der Waals surface area contributed by atoms with Crippen molar-refractivity contribution in [2.45, 2.75) is 45.4 Å². The maximum absolute atomic E-state index is 12.1. The van der Waals surface area contributed by atoms with Crippen LogP contribution in [0.5, 0.6) is 0 Å². The molecule has 122 valence electrons. The highest BCUT2D eigenvalue weighted by Gasteiger charge is 2.28. The number of nitrogens with zero attached hydrogens (tertiary/aromatic N) is 5. The first-order chi connectivity index (χ1) is 11.2. The molecule has 23 heavy (non-hydrogen) atoms. The van der Waals surface area contributed by atoms with E-state index >= 15 is 0 Å². The number of rotatable bonds is 4. The van der Waals surface area contributed by atoms with Gasteiger partial charge >= 0.3 is 0 Å². The summed E-state index contributed by atoms with van der Waals surface area (Å²) >= 11 is 0. The van der Waals surface area contributed by atoms with Crippen molar-refractivity contribution in [2.75, 3.05) is 13.1 Å². The second-order valence-corrected chi connectivity index (χ2v) is 5.90. The van der Waals surface area contributed by atoms with E-state index in [0.717, 1.165) is 37.1 Å². The highest BCUT2D eigenvalue weighted by Crippen LogP contribution is 2.29. The normalized spacial score (nSPS) is 18.2. The minimum atomic E-state index is 0.107. The van der Waals surface area contributed by atoms with Gasteiger partial charge in [0, 0.05) is 25.7 Å². The summed E-state index contributed by atoms with van der Waals surface area (Å²) in [6, 6.07) is 0. The molecule has 7 heteroatoms. The van der Waals surface area contributed by atoms with E-state index in [4.69, 9.17) is 4.42 Å². The molecule has 0 spiro atoms. The molecule has 0 N–H and O–H groups in total. The lowest BCUT2D eigenvalue weighted by atomic mass is 9.97. The van der Waals surface area contributed by atoms with Crippen LogP contribution in [0.4, 0.5) is 0 Å². The van der Waals surface area contributed by atoms with Gasteiger partial charge in [-0.2, -0.15) is 0 Å². The van der Waals surface area contributed by atoms with E-state index < -0.39 is 0 Å². The third-order valence-corrected chi connectivity index (χ3v) is 4.17. The van der Waals surface area contributed by atoms with E-state index in [1.807, 2.05) is 18.7 Å². The molecule has 2 aromatic heterocycles. The summed E-state index contributed by atoms with van der Waals surface area (Å²) in [6.45, 7) is 5.38. The van der Waals surface area contributed by atoms with Crippen LogP contribution in [0.15, 0.2) is 16.9 Å². The Morgan fingerprint density at radius 3 is 3.09 bits per heavy atom. The fourth-order valence-corrected chi connectivity index (χ4v) is 2.89. The van der Waals surface area contributed by atoms with Gasteiger partial charge in [-0.25, -0.2) is 9.97 Å². The molecule has 3 rings (SSSR count). The molecule has 1 saturated heterocycles. The minimum Gasteiger partial charge on any atom is -0.420 e. The highest BCUT2D eigenvalue weighted by atomic mass is 16.4. The second-order valence-electron chi connectivity index (χ2n) is 5.90. The van der Waals surface area contributed by atoms with Crippen LogP contribution in [0.1, 0.15) is 50.1 Å². The van der Waals surface area contributed by atoms with E-state index in [1.54, 1.807) is 6.20 Å². The molecule has 1 aliphatic rings. The van der Waals surface area contributed by atoms with Crippen molar-refractivity contribution in [3.05, 3.63) is 24.1 Å². The van der Waals surface area contributed by atoms with Crippen LogP contribution in [0.3, 0.4) is 0 Å². The maximum Gasteiger partial charge on any atom is 0.251 e. The molecule has 0 aliphatic carbocycles. The molecule has 1 aliphatic heterocycles. The Hall–Kier alpha value is -2.31. The summed E-state index contributed by atoms with van der Waals surface area (Å²) in [4.78, 5) is 22.2. The zero-order valence-corrected chi connectivity index (χ0v) is 13.5. The van der Waals surface area contributed by atoms with Gasteiger partial charge < -0.3 is 9.32 Å². The number of amides is 1. The molecular formula is C16H21N5O2. The molecule has 1 atom stereocenters. The molecule has 0 saturated carbocycles. The first kappa shape index (κ1) is 15.6. The number of carbonyl (C=O) groups is 1. The molecule has 0 radical (unpaired) electrons. The SMILES string of the molecule is CCCC(=O)N1CCC[C@@H](c2nnc(-c3cncnc3C)o2)C1. The lowest BCUT2D eigenvalue weighted by Crippen LogP contribution is -2.39. The molecular weight excluding hydrogens is 294 g/mol. The van der Waals surface area contributed by atoms with E-state index in [-0.39, 0.29) is 11.8 Å². The van der Waals surface area contributed by atoms with Gasteiger partial charge in [-0.1, -0.05) is 6.92 Å². The predicted molar refractivity (Wildman–Crippen MR) is 83.5 cm³/mol. The summed E-state index contributed by atoms with van der Waals surface area (Å²) in [5.41, 5.74) is 1.56. The number of aryl methyl sites for hydroxylation is 1. The van der Waals surface area contributed by atoms with Crippen molar-refractivity contribution < 1.29 is 9.21 Å². The molecule has 0 bridgehead atoms. The van der Waals surface area contributed by atoms with Gasteiger partial charge in [-0.15, -0.1) is 10.2 Å². The highest BCUT2D eigenvalue weighted by molar-refractivity contribution is 5.76. The lowest BCUT2D eigenvalue weighted by Gasteiger charge is -2.31. The molecule has 1 fully saturated rings. The van der Waals surface area contributed by atoms with Gasteiger partial charge in [0.15, 0.2) is 0 Å². The van der Waals surface area contributed by atoms with E-state index in [1.165, 1.54) is 6.33 Å². The zero-order valence-electron chi connectivity index (χ0n) is 13.5. The Bertz CT molecular complexity index is 685. The van der Waals surface area contributed by atoms with E-state index in [9.17, 15) is 4.79 Å². The van der Waals surface area contributed by atoms with E-state index in [0.29, 0.717) is 24.7 Å². The van der Waals surface area contributed by atoms with Gasteiger partial charge in [0.05, 0.1) is 17.2 Å². The number of carbonyl (C=O) groups excluding carboxylic acids is 1. The summed E-state index contributed by atoms with van der Waals surface area (Å²) in [6.07, 6.45) is 6.57. The number of hydrogen-bond donors (Lipinski definition) is 0. The van der Waals surface area contributed by atoms with Gasteiger partial charge in [0.2, 0.25) is 11.8 Å². The monoisotopic (exact) mass is 315 g/mol. The quantitative estimate of drug-likeness (QED) is 0.861. The topological polar surface area (TPSA) is 85.0 Å². The minimum absolute atomic E-state index is 0.107. The number of aromatic nitrogens is 4. The predicted octanol–water partition coefficient (Wildman–Crippen LogP) is 2.34. The van der Waals surface area contributed by atoms with Gasteiger partial charge in [0.1, 0.15) is 6.33 Å². The standard InChI is InChI=1S/C16H21N5O2/c1-3-5-14(22)21-7-4-6-12(9-21)15-19-20-16(23-15)13-8-17-10-18-11(13)2/h8,10,12H,3-7,9H2,1-2H3/t12-/m1/s1. The average molecular weight is 315 g/mol. The van der Waals surface area contributed by atoms with Crippen LogP contribution in [-0.4, -0.2) is 44.1 Å². The molecule has 2 aromatic rings. The average Bonchev–Trinajstić information content (AvgIpc) is 3.05. The molecule has 0 aromatic carbocycles. The molecule has 7 nitrogen and oxygen atoms in total. The Balaban J connectivity index is 1.75. The van der Waals surface area contributed by atoms with Crippen molar-refractivity contribution >= 4 is 5.91 Å². The van der Waals surface area contributed by atoms with Crippen LogP contribution in [0.25, 0.3) is 11.5 Å². The number of piperidine rings is 1. The van der Waals surface area contributed by atoms with E-state index in [2.05, 4.69) is 20.2 Å². The zero-order chi connectivity index (χ0) is 16.2. The number of likely N-dealkylation sites (tertiary alicyclic amines) is 1. The molecule has 0 unspecified atom stereocenters. The largest absolute Gasteiger partial charge is 0.420 e. The van der Waals surface area contributed by atoms with Crippen LogP contribution >= 0.6 is 0 Å².